The van der Waals surface area contributed by atoms with E-state index in [2.05, 4.69) is 5.10 Å². The van der Waals surface area contributed by atoms with Gasteiger partial charge in [-0.2, -0.15) is 9.78 Å². The summed E-state index contributed by atoms with van der Waals surface area (Å²) in [6.45, 7) is 3.10. The SMILES string of the molecule is CC(=O)c1nn(-c2ccc(F)cc2)c(=O)c(SCCCO)c1C. The molecule has 7 heteroatoms. The fourth-order valence-corrected chi connectivity index (χ4v) is 3.09. The summed E-state index contributed by atoms with van der Waals surface area (Å²) in [6, 6.07) is 5.33. The van der Waals surface area contributed by atoms with E-state index in [1.54, 1.807) is 6.92 Å². The Morgan fingerprint density at radius 1 is 1.35 bits per heavy atom. The summed E-state index contributed by atoms with van der Waals surface area (Å²) in [5.74, 6) is -0.113. The van der Waals surface area contributed by atoms with Crippen molar-refractivity contribution in [1.29, 1.82) is 0 Å². The molecular weight excluding hydrogens is 319 g/mol. The number of hydrogen-bond donors (Lipinski definition) is 1. The van der Waals surface area contributed by atoms with Crippen molar-refractivity contribution in [1.82, 2.24) is 9.78 Å². The van der Waals surface area contributed by atoms with Crippen molar-refractivity contribution >= 4 is 17.5 Å². The maximum atomic E-state index is 13.1. The van der Waals surface area contributed by atoms with Gasteiger partial charge < -0.3 is 5.11 Å². The quantitative estimate of drug-likeness (QED) is 0.498. The van der Waals surface area contributed by atoms with Crippen LogP contribution in [0.4, 0.5) is 4.39 Å². The normalized spacial score (nSPS) is 10.8. The number of carbonyl (C=O) groups is 1. The van der Waals surface area contributed by atoms with Crippen molar-refractivity contribution in [3.63, 3.8) is 0 Å². The monoisotopic (exact) mass is 336 g/mol. The van der Waals surface area contributed by atoms with Crippen LogP contribution in [0.25, 0.3) is 5.69 Å². The minimum atomic E-state index is -0.418. The van der Waals surface area contributed by atoms with Gasteiger partial charge in [0.2, 0.25) is 0 Å². The molecule has 122 valence electrons. The Bertz CT molecular complexity index is 772. The second-order valence-corrected chi connectivity index (χ2v) is 6.08. The van der Waals surface area contributed by atoms with Crippen LogP contribution in [-0.4, -0.2) is 33.0 Å². The first-order valence-electron chi connectivity index (χ1n) is 7.10. The standard InChI is InChI=1S/C16H17FN2O3S/c1-10-14(11(2)21)18-19(13-6-4-12(17)5-7-13)16(22)15(10)23-9-3-8-20/h4-7,20H,3,8-9H2,1-2H3. The van der Waals surface area contributed by atoms with E-state index < -0.39 is 5.82 Å². The van der Waals surface area contributed by atoms with E-state index in [-0.39, 0.29) is 23.6 Å². The molecule has 2 rings (SSSR count). The van der Waals surface area contributed by atoms with E-state index in [1.165, 1.54) is 43.0 Å². The molecule has 1 aromatic carbocycles. The molecule has 0 aliphatic heterocycles. The van der Waals surface area contributed by atoms with Crippen molar-refractivity contribution in [2.45, 2.75) is 25.2 Å². The minimum Gasteiger partial charge on any atom is -0.396 e. The Morgan fingerprint density at radius 3 is 2.57 bits per heavy atom. The van der Waals surface area contributed by atoms with Crippen molar-refractivity contribution in [2.24, 2.45) is 0 Å². The molecule has 0 saturated heterocycles. The molecule has 1 heterocycles. The summed E-state index contributed by atoms with van der Waals surface area (Å²) in [5.41, 5.74) is 0.772. The molecule has 2 aromatic rings. The highest BCUT2D eigenvalue weighted by molar-refractivity contribution is 7.99. The fraction of sp³-hybridized carbons (Fsp3) is 0.312. The number of thioether (sulfide) groups is 1. The molecule has 0 saturated carbocycles. The average molecular weight is 336 g/mol. The van der Waals surface area contributed by atoms with E-state index >= 15 is 0 Å². The van der Waals surface area contributed by atoms with Gasteiger partial charge in [-0.05, 0) is 43.2 Å². The number of aliphatic hydroxyl groups is 1. The molecule has 0 atom stereocenters. The molecule has 0 fully saturated rings. The van der Waals surface area contributed by atoms with Crippen LogP contribution in [0.5, 0.6) is 0 Å². The third kappa shape index (κ3) is 3.86. The summed E-state index contributed by atoms with van der Waals surface area (Å²) >= 11 is 1.28. The first kappa shape index (κ1) is 17.4. The van der Waals surface area contributed by atoms with Crippen LogP contribution in [-0.2, 0) is 0 Å². The molecule has 5 nitrogen and oxygen atoms in total. The van der Waals surface area contributed by atoms with Crippen LogP contribution in [0.15, 0.2) is 34.0 Å². The number of ketones is 1. The lowest BCUT2D eigenvalue weighted by Gasteiger charge is -2.12. The lowest BCUT2D eigenvalue weighted by atomic mass is 10.2. The average Bonchev–Trinajstić information content (AvgIpc) is 2.51. The summed E-state index contributed by atoms with van der Waals surface area (Å²) in [5, 5.41) is 13.0. The Balaban J connectivity index is 2.60. The molecule has 0 bridgehead atoms. The zero-order chi connectivity index (χ0) is 17.0. The molecule has 0 spiro atoms. The van der Waals surface area contributed by atoms with Crippen molar-refractivity contribution < 1.29 is 14.3 Å². The zero-order valence-electron chi connectivity index (χ0n) is 12.9. The van der Waals surface area contributed by atoms with Gasteiger partial charge in [0.25, 0.3) is 5.56 Å². The number of benzene rings is 1. The van der Waals surface area contributed by atoms with Gasteiger partial charge >= 0.3 is 0 Å². The predicted molar refractivity (Wildman–Crippen MR) is 87.0 cm³/mol. The van der Waals surface area contributed by atoms with Crippen LogP contribution in [0.2, 0.25) is 0 Å². The van der Waals surface area contributed by atoms with Gasteiger partial charge in [0.1, 0.15) is 11.5 Å². The largest absolute Gasteiger partial charge is 0.396 e. The minimum absolute atomic E-state index is 0.0306. The first-order valence-corrected chi connectivity index (χ1v) is 8.08. The van der Waals surface area contributed by atoms with Crippen molar-refractivity contribution in [3.8, 4) is 5.69 Å². The summed E-state index contributed by atoms with van der Waals surface area (Å²) < 4.78 is 14.2. The van der Waals surface area contributed by atoms with E-state index in [0.29, 0.717) is 28.3 Å². The first-order chi connectivity index (χ1) is 11.0. The fourth-order valence-electron chi connectivity index (χ4n) is 2.09. The highest BCUT2D eigenvalue weighted by Gasteiger charge is 2.18. The van der Waals surface area contributed by atoms with E-state index in [0.717, 1.165) is 4.68 Å². The third-order valence-corrected chi connectivity index (χ3v) is 4.50. The predicted octanol–water partition coefficient (Wildman–Crippen LogP) is 2.36. The number of halogens is 1. The molecule has 0 unspecified atom stereocenters. The highest BCUT2D eigenvalue weighted by atomic mass is 32.2. The number of aliphatic hydroxyl groups excluding tert-OH is 1. The van der Waals surface area contributed by atoms with Crippen LogP contribution in [0.3, 0.4) is 0 Å². The van der Waals surface area contributed by atoms with Gasteiger partial charge in [-0.3, -0.25) is 9.59 Å². The number of nitrogens with zero attached hydrogens (tertiary/aromatic N) is 2. The van der Waals surface area contributed by atoms with Gasteiger partial charge in [-0.15, -0.1) is 11.8 Å². The van der Waals surface area contributed by atoms with Gasteiger partial charge in [0, 0.05) is 19.3 Å². The van der Waals surface area contributed by atoms with Crippen LogP contribution in [0.1, 0.15) is 29.4 Å². The number of Topliss-reactive ketones (excluding diaryl/α,β-unsaturated/α-hetero) is 1. The lowest BCUT2D eigenvalue weighted by molar-refractivity contribution is 0.101. The summed E-state index contributed by atoms with van der Waals surface area (Å²) in [6.07, 6.45) is 0.540. The maximum Gasteiger partial charge on any atom is 0.285 e. The Kier molecular flexibility index (Phi) is 5.68. The summed E-state index contributed by atoms with van der Waals surface area (Å²) in [7, 11) is 0. The maximum absolute atomic E-state index is 13.1. The molecule has 0 aliphatic carbocycles. The molecule has 23 heavy (non-hydrogen) atoms. The van der Waals surface area contributed by atoms with Crippen LogP contribution < -0.4 is 5.56 Å². The number of hydrogen-bond acceptors (Lipinski definition) is 5. The molecule has 0 radical (unpaired) electrons. The van der Waals surface area contributed by atoms with E-state index in [1.807, 2.05) is 0 Å². The lowest BCUT2D eigenvalue weighted by Crippen LogP contribution is -2.27. The topological polar surface area (TPSA) is 72.2 Å². The Labute approximate surface area is 137 Å². The van der Waals surface area contributed by atoms with Crippen LogP contribution >= 0.6 is 11.8 Å². The Morgan fingerprint density at radius 2 is 2.00 bits per heavy atom. The molecule has 1 aromatic heterocycles. The zero-order valence-corrected chi connectivity index (χ0v) is 13.7. The smallest absolute Gasteiger partial charge is 0.285 e. The van der Waals surface area contributed by atoms with Gasteiger partial charge in [0.15, 0.2) is 5.78 Å². The number of rotatable bonds is 6. The number of carbonyl (C=O) groups excluding carboxylic acids is 1. The molecule has 0 amide bonds. The van der Waals surface area contributed by atoms with Crippen molar-refractivity contribution in [2.75, 3.05) is 12.4 Å². The van der Waals surface area contributed by atoms with Gasteiger partial charge in [-0.25, -0.2) is 4.39 Å². The van der Waals surface area contributed by atoms with Gasteiger partial charge in [0.05, 0.1) is 10.6 Å². The molecule has 0 aliphatic rings. The van der Waals surface area contributed by atoms with Crippen molar-refractivity contribution in [3.05, 3.63) is 51.7 Å². The second-order valence-electron chi connectivity index (χ2n) is 4.98. The molecular formula is C16H17FN2O3S. The molecule has 1 N–H and O–H groups in total. The van der Waals surface area contributed by atoms with E-state index in [4.69, 9.17) is 5.11 Å². The van der Waals surface area contributed by atoms with Crippen LogP contribution in [0, 0.1) is 12.7 Å². The summed E-state index contributed by atoms with van der Waals surface area (Å²) in [4.78, 5) is 24.9. The second kappa shape index (κ2) is 7.52. The van der Waals surface area contributed by atoms with Gasteiger partial charge in [-0.1, -0.05) is 0 Å². The Hall–Kier alpha value is -1.99. The third-order valence-electron chi connectivity index (χ3n) is 3.24. The highest BCUT2D eigenvalue weighted by Crippen LogP contribution is 2.22. The number of aromatic nitrogens is 2. The van der Waals surface area contributed by atoms with E-state index in [9.17, 15) is 14.0 Å².